The first-order valence-electron chi connectivity index (χ1n) is 10.9. The lowest BCUT2D eigenvalue weighted by Crippen LogP contribution is -2.45. The summed E-state index contributed by atoms with van der Waals surface area (Å²) in [6.07, 6.45) is 7.16. The number of rotatable bonds is 4. The number of ether oxygens (including phenoxy) is 1. The molecule has 9 heteroatoms. The lowest BCUT2D eigenvalue weighted by Gasteiger charge is -2.36. The molecule has 2 atom stereocenters. The van der Waals surface area contributed by atoms with Crippen LogP contribution < -0.4 is 15.8 Å². The van der Waals surface area contributed by atoms with E-state index in [2.05, 4.69) is 44.0 Å². The van der Waals surface area contributed by atoms with Crippen LogP contribution in [0.2, 0.25) is 0 Å². The monoisotopic (exact) mass is 443 g/mol. The van der Waals surface area contributed by atoms with E-state index in [0.29, 0.717) is 22.7 Å². The van der Waals surface area contributed by atoms with Gasteiger partial charge < -0.3 is 19.9 Å². The first-order chi connectivity index (χ1) is 16.0. The highest BCUT2D eigenvalue weighted by molar-refractivity contribution is 5.95. The Hall–Kier alpha value is -3.85. The van der Waals surface area contributed by atoms with Crippen molar-refractivity contribution < 1.29 is 4.74 Å². The molecule has 168 valence electrons. The Kier molecular flexibility index (Phi) is 5.47. The van der Waals surface area contributed by atoms with Crippen LogP contribution in [-0.4, -0.2) is 50.2 Å². The maximum absolute atomic E-state index is 12.6. The van der Waals surface area contributed by atoms with Gasteiger partial charge in [0.1, 0.15) is 17.5 Å². The molecule has 1 fully saturated rings. The van der Waals surface area contributed by atoms with Crippen LogP contribution >= 0.6 is 0 Å². The van der Waals surface area contributed by atoms with Gasteiger partial charge in [-0.2, -0.15) is 0 Å². The first-order valence-corrected chi connectivity index (χ1v) is 10.9. The van der Waals surface area contributed by atoms with Crippen molar-refractivity contribution >= 4 is 28.1 Å². The number of aromatic amines is 1. The topological polar surface area (TPSA) is 109 Å². The Morgan fingerprint density at radius 2 is 1.82 bits per heavy atom. The number of nitrogens with zero attached hydrogens (tertiary/aromatic N) is 5. The number of aromatic nitrogens is 5. The number of nitrogens with one attached hydrogen (secondary N) is 2. The molecule has 0 bridgehead atoms. The number of fused-ring (bicyclic) bond motifs is 1. The van der Waals surface area contributed by atoms with E-state index in [4.69, 9.17) is 9.72 Å². The third-order valence-corrected chi connectivity index (χ3v) is 5.59. The Balaban J connectivity index is 1.49. The summed E-state index contributed by atoms with van der Waals surface area (Å²) in [6.45, 7) is 7.57. The van der Waals surface area contributed by atoms with Crippen LogP contribution in [0.5, 0.6) is 0 Å². The second kappa shape index (κ2) is 8.59. The lowest BCUT2D eigenvalue weighted by molar-refractivity contribution is -0.00545. The Morgan fingerprint density at radius 1 is 1.06 bits per heavy atom. The average molecular weight is 444 g/mol. The lowest BCUT2D eigenvalue weighted by atomic mass is 10.1. The van der Waals surface area contributed by atoms with Crippen molar-refractivity contribution in [3.63, 3.8) is 0 Å². The zero-order valence-corrected chi connectivity index (χ0v) is 18.7. The summed E-state index contributed by atoms with van der Waals surface area (Å²) < 4.78 is 5.82. The molecule has 33 heavy (non-hydrogen) atoms. The maximum Gasteiger partial charge on any atom is 0.259 e. The van der Waals surface area contributed by atoms with E-state index in [1.54, 1.807) is 24.8 Å². The number of anilines is 3. The minimum absolute atomic E-state index is 0.157. The second-order valence-corrected chi connectivity index (χ2v) is 8.34. The van der Waals surface area contributed by atoms with Gasteiger partial charge in [-0.3, -0.25) is 4.79 Å². The number of hydrogen-bond acceptors (Lipinski definition) is 8. The molecule has 0 unspecified atom stereocenters. The van der Waals surface area contributed by atoms with Crippen molar-refractivity contribution in [2.45, 2.75) is 33.0 Å². The quantitative estimate of drug-likeness (QED) is 0.494. The van der Waals surface area contributed by atoms with Gasteiger partial charge in [0.25, 0.3) is 5.56 Å². The van der Waals surface area contributed by atoms with E-state index in [1.807, 2.05) is 31.2 Å². The molecule has 0 aliphatic carbocycles. The molecule has 4 aromatic rings. The predicted molar refractivity (Wildman–Crippen MR) is 128 cm³/mol. The molecule has 0 amide bonds. The number of aryl methyl sites for hydroxylation is 1. The van der Waals surface area contributed by atoms with Gasteiger partial charge >= 0.3 is 0 Å². The van der Waals surface area contributed by atoms with Crippen LogP contribution in [0, 0.1) is 6.92 Å². The van der Waals surface area contributed by atoms with Gasteiger partial charge in [0.2, 0.25) is 0 Å². The van der Waals surface area contributed by atoms with E-state index in [0.717, 1.165) is 35.5 Å². The van der Waals surface area contributed by atoms with Crippen molar-refractivity contribution in [1.29, 1.82) is 0 Å². The summed E-state index contributed by atoms with van der Waals surface area (Å²) in [6, 6.07) is 7.63. The van der Waals surface area contributed by atoms with Gasteiger partial charge in [0, 0.05) is 37.2 Å². The van der Waals surface area contributed by atoms with Crippen LogP contribution in [0.4, 0.5) is 17.3 Å². The van der Waals surface area contributed by atoms with Gasteiger partial charge in [-0.05, 0) is 50.4 Å². The third-order valence-electron chi connectivity index (χ3n) is 5.59. The average Bonchev–Trinajstić information content (AvgIpc) is 2.79. The third kappa shape index (κ3) is 4.40. The van der Waals surface area contributed by atoms with E-state index < -0.39 is 0 Å². The van der Waals surface area contributed by atoms with E-state index >= 15 is 0 Å². The zero-order valence-electron chi connectivity index (χ0n) is 18.7. The van der Waals surface area contributed by atoms with Gasteiger partial charge in [-0.15, -0.1) is 0 Å². The molecule has 0 aromatic carbocycles. The molecule has 1 saturated heterocycles. The van der Waals surface area contributed by atoms with Crippen LogP contribution in [0.15, 0.2) is 53.8 Å². The summed E-state index contributed by atoms with van der Waals surface area (Å²) in [4.78, 5) is 35.5. The molecule has 5 rings (SSSR count). The Labute approximate surface area is 190 Å². The number of hydrogen-bond donors (Lipinski definition) is 2. The van der Waals surface area contributed by atoms with E-state index in [-0.39, 0.29) is 17.8 Å². The fraction of sp³-hybridized carbons (Fsp3) is 0.292. The largest absolute Gasteiger partial charge is 0.372 e. The number of H-pyrrole nitrogens is 1. The van der Waals surface area contributed by atoms with Crippen molar-refractivity contribution in [1.82, 2.24) is 24.9 Å². The van der Waals surface area contributed by atoms with Crippen LogP contribution in [0.25, 0.3) is 22.0 Å². The minimum Gasteiger partial charge on any atom is -0.372 e. The second-order valence-electron chi connectivity index (χ2n) is 8.34. The fourth-order valence-electron chi connectivity index (χ4n) is 4.13. The van der Waals surface area contributed by atoms with Crippen molar-refractivity contribution in [2.75, 3.05) is 23.3 Å². The highest BCUT2D eigenvalue weighted by atomic mass is 16.5. The molecule has 5 heterocycles. The highest BCUT2D eigenvalue weighted by Crippen LogP contribution is 2.28. The predicted octanol–water partition coefficient (Wildman–Crippen LogP) is 3.44. The minimum atomic E-state index is -0.213. The summed E-state index contributed by atoms with van der Waals surface area (Å²) in [7, 11) is 0. The summed E-state index contributed by atoms with van der Waals surface area (Å²) in [5.41, 5.74) is 1.98. The van der Waals surface area contributed by atoms with Gasteiger partial charge in [0.15, 0.2) is 0 Å². The summed E-state index contributed by atoms with van der Waals surface area (Å²) in [5, 5.41) is 4.53. The molecule has 2 N–H and O–H groups in total. The number of morpholine rings is 1. The van der Waals surface area contributed by atoms with E-state index in [9.17, 15) is 4.79 Å². The van der Waals surface area contributed by atoms with Gasteiger partial charge in [-0.25, -0.2) is 19.9 Å². The molecule has 0 spiro atoms. The van der Waals surface area contributed by atoms with Crippen molar-refractivity contribution in [2.24, 2.45) is 0 Å². The summed E-state index contributed by atoms with van der Waals surface area (Å²) in [5.74, 6) is 2.03. The molecule has 1 aliphatic heterocycles. The van der Waals surface area contributed by atoms with Crippen LogP contribution in [0.1, 0.15) is 19.7 Å². The first kappa shape index (κ1) is 21.0. The van der Waals surface area contributed by atoms with Crippen LogP contribution in [-0.2, 0) is 4.74 Å². The highest BCUT2D eigenvalue weighted by Gasteiger charge is 2.23. The smallest absolute Gasteiger partial charge is 0.259 e. The standard InChI is InChI=1S/C24H25N7O2/c1-14-12-31(13-15(2)33-14)21-5-4-19(11-28-21)29-23-22-17(6-7-25-24(22)32)8-20(30-23)18-9-26-16(3)27-10-18/h4-11,14-15H,12-13H2,1-3H3,(H,25,32)(H,29,30)/t14-,15+. The van der Waals surface area contributed by atoms with Gasteiger partial charge in [0.05, 0.1) is 35.2 Å². The van der Waals surface area contributed by atoms with Crippen LogP contribution in [0.3, 0.4) is 0 Å². The summed E-state index contributed by atoms with van der Waals surface area (Å²) >= 11 is 0. The maximum atomic E-state index is 12.6. The Morgan fingerprint density at radius 3 is 2.52 bits per heavy atom. The fourth-order valence-corrected chi connectivity index (χ4v) is 4.13. The number of pyridine rings is 3. The molecule has 0 saturated carbocycles. The molecular weight excluding hydrogens is 418 g/mol. The van der Waals surface area contributed by atoms with E-state index in [1.165, 1.54) is 0 Å². The normalized spacial score (nSPS) is 18.5. The zero-order chi connectivity index (χ0) is 22.9. The molecule has 1 aliphatic rings. The molecule has 4 aromatic heterocycles. The SMILES string of the molecule is Cc1ncc(-c2cc3cc[nH]c(=O)c3c(Nc3ccc(N4C[C@@H](C)O[C@@H](C)C4)nc3)n2)cn1. The molecule has 0 radical (unpaired) electrons. The van der Waals surface area contributed by atoms with Gasteiger partial charge in [-0.1, -0.05) is 0 Å². The van der Waals surface area contributed by atoms with Crippen molar-refractivity contribution in [3.8, 4) is 11.3 Å². The molecular formula is C24H25N7O2. The Bertz CT molecular complexity index is 1330. The van der Waals surface area contributed by atoms with Crippen molar-refractivity contribution in [3.05, 3.63) is 65.2 Å². The molecule has 9 nitrogen and oxygen atoms in total.